The molecule has 53 heavy (non-hydrogen) atoms. The molecule has 13 heteroatoms. The molecule has 0 saturated carbocycles. The maximum Gasteiger partial charge on any atom is 0.410 e. The Morgan fingerprint density at radius 1 is 0.792 bits per heavy atom. The molecular weight excluding hydrogens is 717 g/mol. The zero-order valence-electron chi connectivity index (χ0n) is 31.2. The molecule has 1 aromatic heterocycles. The van der Waals surface area contributed by atoms with Crippen molar-refractivity contribution in [1.29, 1.82) is 0 Å². The van der Waals surface area contributed by atoms with Crippen LogP contribution >= 0.6 is 23.2 Å². The number of amides is 2. The summed E-state index contributed by atoms with van der Waals surface area (Å²) < 4.78 is 24.0. The predicted octanol–water partition coefficient (Wildman–Crippen LogP) is 9.78. The Labute approximate surface area is 320 Å². The van der Waals surface area contributed by atoms with Gasteiger partial charge in [-0.25, -0.2) is 19.6 Å². The minimum absolute atomic E-state index is 0.153. The number of hydrogen-bond donors (Lipinski definition) is 1. The van der Waals surface area contributed by atoms with E-state index in [0.29, 0.717) is 72.5 Å². The number of hydrogen-bond acceptors (Lipinski definition) is 8. The van der Waals surface area contributed by atoms with Crippen molar-refractivity contribution in [2.45, 2.75) is 103 Å². The summed E-state index contributed by atoms with van der Waals surface area (Å²) in [5, 5.41) is 0.817. The van der Waals surface area contributed by atoms with Crippen LogP contribution in [-0.2, 0) is 9.47 Å². The number of halogens is 2. The minimum atomic E-state index is -0.595. The lowest BCUT2D eigenvalue weighted by Crippen LogP contribution is -2.43. The molecule has 7 rings (SSSR count). The molecule has 0 spiro atoms. The molecule has 4 aliphatic rings. The predicted molar refractivity (Wildman–Crippen MR) is 206 cm³/mol. The van der Waals surface area contributed by atoms with E-state index in [-0.39, 0.29) is 24.3 Å². The average Bonchev–Trinajstić information content (AvgIpc) is 3.89. The number of ether oxygens (including phenoxy) is 4. The van der Waals surface area contributed by atoms with E-state index in [2.05, 4.69) is 4.98 Å². The lowest BCUT2D eigenvalue weighted by atomic mass is 9.95. The fourth-order valence-corrected chi connectivity index (χ4v) is 7.88. The van der Waals surface area contributed by atoms with Crippen LogP contribution in [-0.4, -0.2) is 81.2 Å². The number of fused-ring (bicyclic) bond motifs is 3. The summed E-state index contributed by atoms with van der Waals surface area (Å²) in [5.74, 6) is 2.03. The zero-order valence-corrected chi connectivity index (χ0v) is 32.7. The summed E-state index contributed by atoms with van der Waals surface area (Å²) in [6, 6.07) is 11.6. The Hall–Kier alpha value is -4.22. The van der Waals surface area contributed by atoms with Gasteiger partial charge in [0.15, 0.2) is 0 Å². The highest BCUT2D eigenvalue weighted by atomic mass is 35.5. The number of rotatable bonds is 4. The van der Waals surface area contributed by atoms with E-state index in [1.165, 1.54) is 0 Å². The van der Waals surface area contributed by atoms with Crippen molar-refractivity contribution in [3.63, 3.8) is 0 Å². The van der Waals surface area contributed by atoms with Gasteiger partial charge in [-0.05, 0) is 97.1 Å². The number of likely N-dealkylation sites (tertiary alicyclic amines) is 2. The number of carbonyl (C=O) groups is 2. The van der Waals surface area contributed by atoms with Crippen LogP contribution < -0.4 is 9.47 Å². The summed E-state index contributed by atoms with van der Waals surface area (Å²) in [7, 11) is 0. The first kappa shape index (κ1) is 37.1. The van der Waals surface area contributed by atoms with E-state index < -0.39 is 11.2 Å². The number of carbonyl (C=O) groups excluding carboxylic acids is 2. The molecule has 3 aromatic rings. The molecular formula is C40H47Cl2N5O6. The van der Waals surface area contributed by atoms with E-state index in [1.54, 1.807) is 9.80 Å². The van der Waals surface area contributed by atoms with Crippen LogP contribution in [0, 0.1) is 0 Å². The van der Waals surface area contributed by atoms with E-state index >= 15 is 0 Å². The van der Waals surface area contributed by atoms with Crippen LogP contribution in [0.4, 0.5) is 9.59 Å². The maximum atomic E-state index is 13.0. The van der Waals surface area contributed by atoms with E-state index in [0.717, 1.165) is 59.2 Å². The number of benzene rings is 2. The molecule has 0 radical (unpaired) electrons. The van der Waals surface area contributed by atoms with Crippen LogP contribution in [0.2, 0.25) is 5.15 Å². The molecule has 0 aliphatic carbocycles. The largest absolute Gasteiger partial charge is 0.493 e. The van der Waals surface area contributed by atoms with E-state index in [4.69, 9.17) is 52.1 Å². The van der Waals surface area contributed by atoms with Gasteiger partial charge in [-0.15, -0.1) is 0 Å². The smallest absolute Gasteiger partial charge is 0.410 e. The average molecular weight is 765 g/mol. The first-order valence-electron chi connectivity index (χ1n) is 18.4. The molecule has 2 amide bonds. The lowest BCUT2D eigenvalue weighted by molar-refractivity contribution is 0.0216. The molecule has 0 unspecified atom stereocenters. The van der Waals surface area contributed by atoms with Crippen LogP contribution in [0.3, 0.4) is 0 Å². The molecule has 4 aliphatic heterocycles. The standard InChI is InChI=1S/C40H47Cl2N5O6/c1-39(2,3)52-37(48)46-16-7-10-29(46)28-22-27(34(41)43-28)23-12-14-25-26-15-13-24(21-32(26)51-19-9-18-50-31(25)20-23)33-35(42)45-36(44-33)30-11-8-17-47(30)38(49)53-40(4,5)6/h12-15,20-21,29-30H,7-11,16-19,22H2,1-6H3,(H,44,45)/t29-,30-/m0/s1. The second-order valence-electron chi connectivity index (χ2n) is 16.0. The molecule has 1 N–H and O–H groups in total. The number of nitrogens with zero attached hydrogens (tertiary/aromatic N) is 4. The van der Waals surface area contributed by atoms with Crippen LogP contribution in [0.1, 0.15) is 97.5 Å². The first-order valence-corrected chi connectivity index (χ1v) is 19.2. The van der Waals surface area contributed by atoms with Crippen LogP contribution in [0.15, 0.2) is 46.5 Å². The number of nitrogens with one attached hydrogen (secondary N) is 1. The van der Waals surface area contributed by atoms with E-state index in [9.17, 15) is 9.59 Å². The molecule has 5 heterocycles. The summed E-state index contributed by atoms with van der Waals surface area (Å²) in [6.45, 7) is 13.4. The molecule has 2 aromatic carbocycles. The molecule has 2 atom stereocenters. The Bertz CT molecular complexity index is 1980. The van der Waals surface area contributed by atoms with Crippen LogP contribution in [0.25, 0.3) is 28.0 Å². The third-order valence-electron chi connectivity index (χ3n) is 9.67. The third kappa shape index (κ3) is 8.01. The van der Waals surface area contributed by atoms with Gasteiger partial charge >= 0.3 is 12.2 Å². The topological polar surface area (TPSA) is 119 Å². The third-order valence-corrected chi connectivity index (χ3v) is 10.3. The van der Waals surface area contributed by atoms with Gasteiger partial charge in [-0.1, -0.05) is 35.3 Å². The lowest BCUT2D eigenvalue weighted by Gasteiger charge is -2.28. The number of imidazole rings is 1. The second-order valence-corrected chi connectivity index (χ2v) is 16.7. The Morgan fingerprint density at radius 2 is 1.34 bits per heavy atom. The van der Waals surface area contributed by atoms with Gasteiger partial charge in [-0.3, -0.25) is 9.80 Å². The maximum absolute atomic E-state index is 13.0. The van der Waals surface area contributed by atoms with Crippen molar-refractivity contribution in [1.82, 2.24) is 19.8 Å². The quantitative estimate of drug-likeness (QED) is 0.263. The van der Waals surface area contributed by atoms with Crippen molar-refractivity contribution >= 4 is 46.7 Å². The number of aliphatic imine (C=N–C) groups is 1. The van der Waals surface area contributed by atoms with Gasteiger partial charge in [0.1, 0.15) is 44.5 Å². The van der Waals surface area contributed by atoms with Gasteiger partial charge in [0, 0.05) is 53.9 Å². The van der Waals surface area contributed by atoms with Crippen molar-refractivity contribution in [2.75, 3.05) is 26.3 Å². The monoisotopic (exact) mass is 763 g/mol. The molecule has 2 saturated heterocycles. The fraction of sp³-hybridized carbons (Fsp3) is 0.500. The second kappa shape index (κ2) is 14.5. The highest BCUT2D eigenvalue weighted by molar-refractivity contribution is 6.35. The van der Waals surface area contributed by atoms with Gasteiger partial charge < -0.3 is 23.9 Å². The van der Waals surface area contributed by atoms with Crippen LogP contribution in [0.5, 0.6) is 11.5 Å². The van der Waals surface area contributed by atoms with Crippen molar-refractivity contribution in [2.24, 2.45) is 4.99 Å². The van der Waals surface area contributed by atoms with Gasteiger partial charge in [0.2, 0.25) is 0 Å². The molecule has 0 bridgehead atoms. The normalized spacial score (nSPS) is 20.5. The zero-order chi connectivity index (χ0) is 37.7. The molecule has 2 fully saturated rings. The first-order chi connectivity index (χ1) is 25.1. The number of H-pyrrole nitrogens is 1. The number of aromatic nitrogens is 2. The number of allylic oxidation sites excluding steroid dienone is 1. The SMILES string of the molecule is CC(C)(C)OC(=O)N1CCC[C@H]1C1=NC(Cl)=C(c2ccc3c(c2)OCCCOc2cc(-c4nc([C@@H]5CCCN5C(=O)OC(C)(C)C)[nH]c4Cl)ccc2-3)C1. The highest BCUT2D eigenvalue weighted by Crippen LogP contribution is 2.44. The summed E-state index contributed by atoms with van der Waals surface area (Å²) >= 11 is 13.6. The van der Waals surface area contributed by atoms with Crippen molar-refractivity contribution < 1.29 is 28.5 Å². The number of aromatic amines is 1. The Morgan fingerprint density at radius 3 is 1.94 bits per heavy atom. The van der Waals surface area contributed by atoms with Crippen molar-refractivity contribution in [3.8, 4) is 33.9 Å². The fourth-order valence-electron chi connectivity index (χ4n) is 7.35. The molecule has 282 valence electrons. The molecule has 11 nitrogen and oxygen atoms in total. The summed E-state index contributed by atoms with van der Waals surface area (Å²) in [4.78, 5) is 42.4. The van der Waals surface area contributed by atoms with E-state index in [1.807, 2.05) is 77.9 Å². The van der Waals surface area contributed by atoms with Gasteiger partial charge in [-0.2, -0.15) is 0 Å². The Kier molecular flexibility index (Phi) is 10.2. The van der Waals surface area contributed by atoms with Gasteiger partial charge in [0.05, 0.1) is 25.3 Å². The summed E-state index contributed by atoms with van der Waals surface area (Å²) in [5.41, 5.74) is 4.63. The highest BCUT2D eigenvalue weighted by Gasteiger charge is 2.38. The van der Waals surface area contributed by atoms with Crippen molar-refractivity contribution in [3.05, 3.63) is 58.1 Å². The Balaban J connectivity index is 1.12. The minimum Gasteiger partial charge on any atom is -0.493 e. The van der Waals surface area contributed by atoms with Gasteiger partial charge in [0.25, 0.3) is 0 Å². The summed E-state index contributed by atoms with van der Waals surface area (Å²) in [6.07, 6.45) is 3.84.